The van der Waals surface area contributed by atoms with Crippen LogP contribution in [-0.2, 0) is 20.3 Å². The Kier molecular flexibility index (Phi) is 6.93. The summed E-state index contributed by atoms with van der Waals surface area (Å²) < 4.78 is 16.8. The number of aryl methyl sites for hydroxylation is 1. The van der Waals surface area contributed by atoms with Crippen molar-refractivity contribution in [3.63, 3.8) is 0 Å². The lowest BCUT2D eigenvalue weighted by molar-refractivity contribution is -0.145. The topological polar surface area (TPSA) is 83.8 Å². The quantitative estimate of drug-likeness (QED) is 0.685. The fourth-order valence-corrected chi connectivity index (χ4v) is 3.12. The smallest absolute Gasteiger partial charge is 0.333 e. The number of aliphatic carboxylic acids is 1. The largest absolute Gasteiger partial charge is 0.479 e. The van der Waals surface area contributed by atoms with Crippen LogP contribution in [0.25, 0.3) is 0 Å². The van der Waals surface area contributed by atoms with E-state index in [9.17, 15) is 14.3 Å². The maximum absolute atomic E-state index is 11.9. The van der Waals surface area contributed by atoms with Crippen LogP contribution in [0.2, 0.25) is 0 Å². The summed E-state index contributed by atoms with van der Waals surface area (Å²) in [4.78, 5) is 20.6. The lowest BCUT2D eigenvalue weighted by atomic mass is 10.1. The highest BCUT2D eigenvalue weighted by atomic mass is 31.2. The Labute approximate surface area is 119 Å². The molecule has 1 unspecified atom stereocenters. The molecule has 0 radical (unpaired) electrons. The standard InChI is InChI=1S/C14H21O5P/c1-2-7-13(14(15)16)19-20(17,18)11-6-10-12-8-4-3-5-9-12/h3-5,8-9,13H,2,6-7,10-11H2,1H3,(H,15,16)(H,17,18)/t13-/m0/s1. The summed E-state index contributed by atoms with van der Waals surface area (Å²) >= 11 is 0. The van der Waals surface area contributed by atoms with Gasteiger partial charge in [0.2, 0.25) is 0 Å². The molecule has 0 amide bonds. The zero-order valence-corrected chi connectivity index (χ0v) is 12.5. The molecule has 0 aliphatic heterocycles. The third-order valence-corrected chi connectivity index (χ3v) is 4.33. The van der Waals surface area contributed by atoms with Crippen molar-refractivity contribution < 1.29 is 23.9 Å². The second kappa shape index (κ2) is 8.20. The molecule has 1 aromatic carbocycles. The summed E-state index contributed by atoms with van der Waals surface area (Å²) in [5.74, 6) is -1.19. The van der Waals surface area contributed by atoms with E-state index < -0.39 is 19.7 Å². The van der Waals surface area contributed by atoms with Crippen molar-refractivity contribution >= 4 is 13.6 Å². The fraction of sp³-hybridized carbons (Fsp3) is 0.500. The van der Waals surface area contributed by atoms with Crippen LogP contribution >= 0.6 is 7.60 Å². The second-order valence-corrected chi connectivity index (χ2v) is 6.60. The van der Waals surface area contributed by atoms with Gasteiger partial charge in [-0.05, 0) is 24.8 Å². The molecule has 0 saturated heterocycles. The van der Waals surface area contributed by atoms with Crippen molar-refractivity contribution in [1.29, 1.82) is 0 Å². The Morgan fingerprint density at radius 2 is 2.00 bits per heavy atom. The van der Waals surface area contributed by atoms with Gasteiger partial charge in [0, 0.05) is 0 Å². The molecular formula is C14H21O5P. The maximum atomic E-state index is 11.9. The average Bonchev–Trinajstić information content (AvgIpc) is 2.39. The van der Waals surface area contributed by atoms with E-state index in [1.807, 2.05) is 30.3 Å². The Hall–Kier alpha value is -1.16. The molecule has 0 aliphatic carbocycles. The molecule has 0 aliphatic rings. The van der Waals surface area contributed by atoms with Gasteiger partial charge in [-0.25, -0.2) is 4.79 Å². The molecule has 0 heterocycles. The van der Waals surface area contributed by atoms with E-state index in [4.69, 9.17) is 9.63 Å². The molecule has 20 heavy (non-hydrogen) atoms. The number of hydrogen-bond donors (Lipinski definition) is 2. The number of carboxylic acid groups (broad SMARTS) is 1. The fourth-order valence-electron chi connectivity index (χ4n) is 1.86. The summed E-state index contributed by atoms with van der Waals surface area (Å²) in [6, 6.07) is 9.62. The molecule has 2 N–H and O–H groups in total. The Morgan fingerprint density at radius 3 is 2.55 bits per heavy atom. The number of benzene rings is 1. The van der Waals surface area contributed by atoms with Crippen LogP contribution in [0, 0.1) is 0 Å². The van der Waals surface area contributed by atoms with E-state index >= 15 is 0 Å². The van der Waals surface area contributed by atoms with Crippen molar-refractivity contribution in [2.24, 2.45) is 0 Å². The molecule has 1 rings (SSSR count). The lowest BCUT2D eigenvalue weighted by Crippen LogP contribution is -2.23. The van der Waals surface area contributed by atoms with Gasteiger partial charge in [0.25, 0.3) is 0 Å². The van der Waals surface area contributed by atoms with Gasteiger partial charge in [0.15, 0.2) is 6.10 Å². The molecule has 0 bridgehead atoms. The highest BCUT2D eigenvalue weighted by Crippen LogP contribution is 2.44. The van der Waals surface area contributed by atoms with Crippen LogP contribution in [0.15, 0.2) is 30.3 Å². The second-order valence-electron chi connectivity index (χ2n) is 4.67. The predicted octanol–water partition coefficient (Wildman–Crippen LogP) is 3.07. The minimum atomic E-state index is -3.85. The molecular weight excluding hydrogens is 279 g/mol. The molecule has 5 nitrogen and oxygen atoms in total. The van der Waals surface area contributed by atoms with Crippen molar-refractivity contribution in [1.82, 2.24) is 0 Å². The first-order chi connectivity index (χ1) is 9.44. The number of carboxylic acids is 1. The number of hydrogen-bond acceptors (Lipinski definition) is 3. The van der Waals surface area contributed by atoms with Crippen molar-refractivity contribution in [2.45, 2.75) is 38.7 Å². The van der Waals surface area contributed by atoms with E-state index in [-0.39, 0.29) is 12.6 Å². The van der Waals surface area contributed by atoms with Gasteiger partial charge in [-0.15, -0.1) is 0 Å². The van der Waals surface area contributed by atoms with E-state index in [1.54, 1.807) is 6.92 Å². The highest BCUT2D eigenvalue weighted by Gasteiger charge is 2.28. The Balaban J connectivity index is 2.44. The number of rotatable bonds is 9. The summed E-state index contributed by atoms with van der Waals surface area (Å²) in [5.41, 5.74) is 1.08. The summed E-state index contributed by atoms with van der Waals surface area (Å²) in [5, 5.41) is 8.91. The van der Waals surface area contributed by atoms with Crippen molar-refractivity contribution in [2.75, 3.05) is 6.16 Å². The highest BCUT2D eigenvalue weighted by molar-refractivity contribution is 7.52. The first kappa shape index (κ1) is 16.9. The lowest BCUT2D eigenvalue weighted by Gasteiger charge is -2.17. The van der Waals surface area contributed by atoms with Gasteiger partial charge in [-0.3, -0.25) is 9.09 Å². The molecule has 112 valence electrons. The summed E-state index contributed by atoms with van der Waals surface area (Å²) in [6.45, 7) is 1.80. The molecule has 0 saturated carbocycles. The van der Waals surface area contributed by atoms with Crippen LogP contribution in [0.3, 0.4) is 0 Å². The SMILES string of the molecule is CCC[C@H](OP(=O)(O)CCCc1ccccc1)C(=O)O. The van der Waals surface area contributed by atoms with Crippen LogP contribution in [0.5, 0.6) is 0 Å². The van der Waals surface area contributed by atoms with Gasteiger partial charge in [-0.1, -0.05) is 43.7 Å². The summed E-state index contributed by atoms with van der Waals surface area (Å²) in [7, 11) is -3.85. The Bertz CT molecular complexity index is 460. The monoisotopic (exact) mass is 300 g/mol. The van der Waals surface area contributed by atoms with Gasteiger partial charge in [0.05, 0.1) is 6.16 Å². The van der Waals surface area contributed by atoms with Crippen LogP contribution in [-0.4, -0.2) is 28.2 Å². The zero-order chi connectivity index (χ0) is 15.0. The van der Waals surface area contributed by atoms with Crippen LogP contribution in [0.4, 0.5) is 0 Å². The van der Waals surface area contributed by atoms with Gasteiger partial charge < -0.3 is 10.00 Å². The Morgan fingerprint density at radius 1 is 1.35 bits per heavy atom. The van der Waals surface area contributed by atoms with E-state index in [1.165, 1.54) is 0 Å². The molecule has 2 atom stereocenters. The summed E-state index contributed by atoms with van der Waals surface area (Å²) in [6.07, 6.45) is 0.735. The third kappa shape index (κ3) is 6.33. The van der Waals surface area contributed by atoms with Crippen molar-refractivity contribution in [3.8, 4) is 0 Å². The third-order valence-electron chi connectivity index (χ3n) is 2.87. The molecule has 0 spiro atoms. The minimum absolute atomic E-state index is 0.0324. The predicted molar refractivity (Wildman–Crippen MR) is 76.9 cm³/mol. The van der Waals surface area contributed by atoms with Crippen LogP contribution < -0.4 is 0 Å². The van der Waals surface area contributed by atoms with Gasteiger partial charge in [-0.2, -0.15) is 0 Å². The first-order valence-electron chi connectivity index (χ1n) is 6.71. The molecule has 0 aromatic heterocycles. The van der Waals surface area contributed by atoms with Crippen molar-refractivity contribution in [3.05, 3.63) is 35.9 Å². The average molecular weight is 300 g/mol. The van der Waals surface area contributed by atoms with Crippen LogP contribution in [0.1, 0.15) is 31.7 Å². The van der Waals surface area contributed by atoms with Gasteiger partial charge in [0.1, 0.15) is 0 Å². The van der Waals surface area contributed by atoms with Gasteiger partial charge >= 0.3 is 13.6 Å². The molecule has 6 heteroatoms. The van der Waals surface area contributed by atoms with E-state index in [0.717, 1.165) is 5.56 Å². The normalized spacial score (nSPS) is 15.5. The van der Waals surface area contributed by atoms with E-state index in [0.29, 0.717) is 19.3 Å². The number of carbonyl (C=O) groups is 1. The molecule has 0 fully saturated rings. The zero-order valence-electron chi connectivity index (χ0n) is 11.6. The first-order valence-corrected chi connectivity index (χ1v) is 8.48. The minimum Gasteiger partial charge on any atom is -0.479 e. The van der Waals surface area contributed by atoms with E-state index in [2.05, 4.69) is 0 Å². The molecule has 1 aromatic rings. The maximum Gasteiger partial charge on any atom is 0.333 e.